The third kappa shape index (κ3) is 6.63. The van der Waals surface area contributed by atoms with Gasteiger partial charge in [-0.15, -0.1) is 15.0 Å². The lowest BCUT2D eigenvalue weighted by Gasteiger charge is -2.53. The van der Waals surface area contributed by atoms with Gasteiger partial charge < -0.3 is 9.84 Å². The smallest absolute Gasteiger partial charge is 0.306 e. The zero-order valence-corrected chi connectivity index (χ0v) is 28.3. The second kappa shape index (κ2) is 11.6. The van der Waals surface area contributed by atoms with Crippen molar-refractivity contribution in [3.8, 4) is 11.4 Å². The average molecular weight is 633 g/mol. The fourth-order valence-electron chi connectivity index (χ4n) is 6.31. The van der Waals surface area contributed by atoms with E-state index in [4.69, 9.17) is 4.74 Å². The van der Waals surface area contributed by atoms with Gasteiger partial charge in [-0.05, 0) is 88.5 Å². The van der Waals surface area contributed by atoms with Crippen LogP contribution in [0.2, 0.25) is 0 Å². The number of aryl methyl sites for hydroxylation is 1. The molecule has 0 spiro atoms. The molecule has 0 saturated carbocycles. The Morgan fingerprint density at radius 1 is 0.933 bits per heavy atom. The third-order valence-corrected chi connectivity index (χ3v) is 10.8. The maximum atomic E-state index is 13.2. The molecule has 0 bridgehead atoms. The highest BCUT2D eigenvalue weighted by atomic mass is 32.2. The number of likely N-dealkylation sites (tertiary alicyclic amines) is 1. The molecule has 0 aliphatic carbocycles. The Balaban J connectivity index is 1.41. The molecule has 45 heavy (non-hydrogen) atoms. The van der Waals surface area contributed by atoms with Gasteiger partial charge in [0.05, 0.1) is 9.79 Å². The molecule has 1 N–H and O–H groups in total. The summed E-state index contributed by atoms with van der Waals surface area (Å²) in [4.78, 5) is 17.0. The number of phenolic OH excluding ortho intramolecular Hbond substituents is 1. The van der Waals surface area contributed by atoms with Gasteiger partial charge in [0, 0.05) is 35.9 Å². The minimum atomic E-state index is -3.74. The molecule has 1 aliphatic rings. The molecule has 1 aliphatic heterocycles. The van der Waals surface area contributed by atoms with Crippen LogP contribution >= 0.6 is 0 Å². The van der Waals surface area contributed by atoms with E-state index in [9.17, 15) is 18.3 Å². The minimum Gasteiger partial charge on any atom is -0.505 e. The number of nitrogens with zero attached hydrogens (tertiary/aromatic N) is 4. The van der Waals surface area contributed by atoms with Crippen molar-refractivity contribution in [1.29, 1.82) is 0 Å². The van der Waals surface area contributed by atoms with E-state index >= 15 is 0 Å². The number of sulfone groups is 1. The van der Waals surface area contributed by atoms with Crippen molar-refractivity contribution in [3.63, 3.8) is 0 Å². The molecular formula is C35H44N4O5S. The zero-order valence-electron chi connectivity index (χ0n) is 27.5. The van der Waals surface area contributed by atoms with Gasteiger partial charge in [-0.25, -0.2) is 8.42 Å². The molecule has 5 rings (SSSR count). The van der Waals surface area contributed by atoms with Gasteiger partial charge in [0.2, 0.25) is 9.84 Å². The average Bonchev–Trinajstić information content (AvgIpc) is 3.38. The first-order valence-corrected chi connectivity index (χ1v) is 16.8. The van der Waals surface area contributed by atoms with Crippen molar-refractivity contribution >= 4 is 26.8 Å². The van der Waals surface area contributed by atoms with E-state index < -0.39 is 15.3 Å². The lowest BCUT2D eigenvalue weighted by atomic mass is 9.79. The number of esters is 1. The Morgan fingerprint density at radius 3 is 2.18 bits per heavy atom. The SMILES string of the molecule is CN1C(C)(C)CC(OC(=O)CCc2cc(-n3nc4ccc(S(=O)(=O)c5ccccc5)cc4n3)c(O)c(C(C)(C)C)c2)CC1(C)C. The van der Waals surface area contributed by atoms with E-state index in [1.54, 1.807) is 42.5 Å². The van der Waals surface area contributed by atoms with Crippen molar-refractivity contribution in [2.75, 3.05) is 7.05 Å². The zero-order chi connectivity index (χ0) is 32.9. The van der Waals surface area contributed by atoms with Gasteiger partial charge in [-0.1, -0.05) is 45.0 Å². The summed E-state index contributed by atoms with van der Waals surface area (Å²) >= 11 is 0. The summed E-state index contributed by atoms with van der Waals surface area (Å²) in [5.41, 5.74) is 2.15. The Morgan fingerprint density at radius 2 is 1.56 bits per heavy atom. The Bertz CT molecular complexity index is 1820. The first kappa shape index (κ1) is 32.6. The summed E-state index contributed by atoms with van der Waals surface area (Å²) in [6, 6.07) is 16.6. The number of aromatic hydroxyl groups is 1. The number of rotatable bonds is 7. The van der Waals surface area contributed by atoms with Crippen LogP contribution in [-0.2, 0) is 31.2 Å². The quantitative estimate of drug-likeness (QED) is 0.233. The van der Waals surface area contributed by atoms with E-state index in [0.717, 1.165) is 18.4 Å². The predicted octanol–water partition coefficient (Wildman–Crippen LogP) is 6.38. The molecule has 1 aromatic heterocycles. The number of hydrogen-bond donors (Lipinski definition) is 1. The highest BCUT2D eigenvalue weighted by Crippen LogP contribution is 2.39. The van der Waals surface area contributed by atoms with Crippen LogP contribution in [0.4, 0.5) is 0 Å². The molecule has 1 fully saturated rings. The summed E-state index contributed by atoms with van der Waals surface area (Å²) < 4.78 is 32.4. The highest BCUT2D eigenvalue weighted by Gasteiger charge is 2.44. The van der Waals surface area contributed by atoms with Crippen LogP contribution in [0.3, 0.4) is 0 Å². The number of phenols is 1. The largest absolute Gasteiger partial charge is 0.505 e. The highest BCUT2D eigenvalue weighted by molar-refractivity contribution is 7.91. The molecule has 3 aromatic carbocycles. The fraction of sp³-hybridized carbons (Fsp3) is 0.457. The predicted molar refractivity (Wildman–Crippen MR) is 174 cm³/mol. The molecule has 10 heteroatoms. The molecule has 240 valence electrons. The van der Waals surface area contributed by atoms with E-state index in [0.29, 0.717) is 28.7 Å². The molecule has 0 radical (unpaired) electrons. The summed E-state index contributed by atoms with van der Waals surface area (Å²) in [6.07, 6.45) is 1.98. The van der Waals surface area contributed by atoms with Gasteiger partial charge in [0.1, 0.15) is 28.6 Å². The lowest BCUT2D eigenvalue weighted by molar-refractivity contribution is -0.158. The van der Waals surface area contributed by atoms with Crippen molar-refractivity contribution in [2.24, 2.45) is 0 Å². The number of benzene rings is 3. The summed E-state index contributed by atoms with van der Waals surface area (Å²) in [7, 11) is -1.62. The number of aromatic nitrogens is 3. The molecule has 1 saturated heterocycles. The number of hydrogen-bond acceptors (Lipinski definition) is 8. The van der Waals surface area contributed by atoms with Crippen LogP contribution in [0.1, 0.15) is 78.9 Å². The van der Waals surface area contributed by atoms with E-state index in [1.165, 1.54) is 16.9 Å². The maximum absolute atomic E-state index is 13.2. The molecular weight excluding hydrogens is 588 g/mol. The van der Waals surface area contributed by atoms with Crippen LogP contribution in [0, 0.1) is 0 Å². The third-order valence-electron chi connectivity index (χ3n) is 9.07. The second-order valence-corrected chi connectivity index (χ2v) is 16.4. The Kier molecular flexibility index (Phi) is 8.38. The van der Waals surface area contributed by atoms with Crippen LogP contribution in [0.15, 0.2) is 70.5 Å². The van der Waals surface area contributed by atoms with Crippen LogP contribution in [0.25, 0.3) is 16.7 Å². The normalized spacial score (nSPS) is 17.4. The van der Waals surface area contributed by atoms with Crippen molar-refractivity contribution in [2.45, 2.75) is 107 Å². The van der Waals surface area contributed by atoms with Crippen molar-refractivity contribution < 1.29 is 23.1 Å². The van der Waals surface area contributed by atoms with Crippen LogP contribution in [0.5, 0.6) is 5.75 Å². The maximum Gasteiger partial charge on any atom is 0.306 e. The standard InChI is InChI=1S/C35H44N4O5S/c1-33(2,3)27-18-23(14-17-31(40)44-24-21-34(4,5)38(8)35(6,7)22-24)19-30(32(27)41)39-36-28-16-15-26(20-29(28)37-39)45(42,43)25-12-10-9-11-13-25/h9-13,15-16,18-20,24,41H,14,17,21-22H2,1-8H3. The van der Waals surface area contributed by atoms with Crippen LogP contribution in [-0.4, -0.2) is 63.6 Å². The van der Waals surface area contributed by atoms with E-state index in [-0.39, 0.29) is 45.1 Å². The number of carbonyl (C=O) groups excluding carboxylic acids is 1. The van der Waals surface area contributed by atoms with Crippen LogP contribution < -0.4 is 0 Å². The topological polar surface area (TPSA) is 115 Å². The minimum absolute atomic E-state index is 0.0297. The fourth-order valence-corrected chi connectivity index (χ4v) is 7.61. The number of carbonyl (C=O) groups is 1. The number of piperidine rings is 1. The summed E-state index contributed by atoms with van der Waals surface area (Å²) in [6.45, 7) is 14.7. The van der Waals surface area contributed by atoms with E-state index in [1.807, 2.05) is 26.8 Å². The number of fused-ring (bicyclic) bond motifs is 1. The lowest BCUT2D eigenvalue weighted by Crippen LogP contribution is -2.60. The van der Waals surface area contributed by atoms with Gasteiger partial charge in [0.25, 0.3) is 0 Å². The van der Waals surface area contributed by atoms with Gasteiger partial charge in [-0.3, -0.25) is 9.69 Å². The Labute approximate surface area is 266 Å². The molecule has 9 nitrogen and oxygen atoms in total. The molecule has 0 atom stereocenters. The molecule has 0 amide bonds. The first-order valence-electron chi connectivity index (χ1n) is 15.4. The summed E-state index contributed by atoms with van der Waals surface area (Å²) in [5, 5.41) is 20.5. The first-order chi connectivity index (χ1) is 20.9. The van der Waals surface area contributed by atoms with Gasteiger partial charge >= 0.3 is 5.97 Å². The summed E-state index contributed by atoms with van der Waals surface area (Å²) in [5.74, 6) is -0.222. The van der Waals surface area contributed by atoms with Crippen molar-refractivity contribution in [3.05, 3.63) is 71.8 Å². The monoisotopic (exact) mass is 632 g/mol. The van der Waals surface area contributed by atoms with Gasteiger partial charge in [0.15, 0.2) is 0 Å². The number of ether oxygens (including phenoxy) is 1. The van der Waals surface area contributed by atoms with Gasteiger partial charge in [-0.2, -0.15) is 0 Å². The molecule has 4 aromatic rings. The van der Waals surface area contributed by atoms with Crippen molar-refractivity contribution in [1.82, 2.24) is 19.9 Å². The van der Waals surface area contributed by atoms with E-state index in [2.05, 4.69) is 49.8 Å². The Hall–Kier alpha value is -3.76. The molecule has 0 unspecified atom stereocenters. The second-order valence-electron chi connectivity index (χ2n) is 14.4. The molecule has 2 heterocycles.